The quantitative estimate of drug-likeness (QED) is 0.745. The number of nitrogens with two attached hydrogens (primary N) is 1. The average molecular weight is 296 g/mol. The van der Waals surface area contributed by atoms with Gasteiger partial charge in [0.1, 0.15) is 0 Å². The second-order valence-electron chi connectivity index (χ2n) is 4.72. The normalized spacial score (nSPS) is 10.5. The fraction of sp³-hybridized carbons (Fsp3) is 0.118. The van der Waals surface area contributed by atoms with Gasteiger partial charge < -0.3 is 19.6 Å². The zero-order valence-electron chi connectivity index (χ0n) is 12.4. The van der Waals surface area contributed by atoms with Crippen molar-refractivity contribution in [1.82, 2.24) is 4.98 Å². The van der Waals surface area contributed by atoms with Crippen molar-refractivity contribution in [2.45, 2.75) is 0 Å². The maximum atomic E-state index is 5.82. The first-order chi connectivity index (χ1) is 10.7. The van der Waals surface area contributed by atoms with Gasteiger partial charge in [0.2, 0.25) is 5.89 Å². The molecule has 3 aromatic rings. The molecule has 1 aromatic heterocycles. The van der Waals surface area contributed by atoms with E-state index in [9.17, 15) is 0 Å². The fourth-order valence-corrected chi connectivity index (χ4v) is 2.20. The molecule has 0 radical (unpaired) electrons. The Hall–Kier alpha value is -2.95. The Kier molecular flexibility index (Phi) is 3.70. The largest absolute Gasteiger partial charge is 0.493 e. The summed E-state index contributed by atoms with van der Waals surface area (Å²) < 4.78 is 16.3. The SMILES string of the molecule is COc1ccc(-c2ncc(-c3cccc(N)c3)o2)cc1OC. The molecule has 112 valence electrons. The Balaban J connectivity index is 1.97. The van der Waals surface area contributed by atoms with E-state index >= 15 is 0 Å². The molecule has 0 unspecified atom stereocenters. The Morgan fingerprint density at radius 1 is 0.955 bits per heavy atom. The van der Waals surface area contributed by atoms with Crippen molar-refractivity contribution >= 4 is 5.69 Å². The van der Waals surface area contributed by atoms with E-state index in [2.05, 4.69) is 4.98 Å². The molecule has 0 saturated carbocycles. The number of nitrogen functional groups attached to an aromatic ring is 1. The molecule has 0 aliphatic carbocycles. The van der Waals surface area contributed by atoms with E-state index in [-0.39, 0.29) is 0 Å². The third-order valence-corrected chi connectivity index (χ3v) is 3.31. The van der Waals surface area contributed by atoms with Gasteiger partial charge >= 0.3 is 0 Å². The van der Waals surface area contributed by atoms with Gasteiger partial charge in [0.05, 0.1) is 20.4 Å². The first kappa shape index (κ1) is 14.0. The number of anilines is 1. The highest BCUT2D eigenvalue weighted by Gasteiger charge is 2.12. The summed E-state index contributed by atoms with van der Waals surface area (Å²) >= 11 is 0. The number of oxazole rings is 1. The van der Waals surface area contributed by atoms with Crippen LogP contribution in [0, 0.1) is 0 Å². The van der Waals surface area contributed by atoms with Crippen LogP contribution in [-0.2, 0) is 0 Å². The van der Waals surface area contributed by atoms with Gasteiger partial charge in [-0.3, -0.25) is 0 Å². The lowest BCUT2D eigenvalue weighted by molar-refractivity contribution is 0.355. The van der Waals surface area contributed by atoms with Gasteiger partial charge in [-0.2, -0.15) is 0 Å². The molecule has 0 bridgehead atoms. The summed E-state index contributed by atoms with van der Waals surface area (Å²) in [6, 6.07) is 13.0. The van der Waals surface area contributed by atoms with Gasteiger partial charge in [0.15, 0.2) is 17.3 Å². The van der Waals surface area contributed by atoms with Crippen LogP contribution in [0.2, 0.25) is 0 Å². The van der Waals surface area contributed by atoms with Crippen LogP contribution < -0.4 is 15.2 Å². The second kappa shape index (κ2) is 5.81. The molecule has 5 heteroatoms. The summed E-state index contributed by atoms with van der Waals surface area (Å²) in [5.74, 6) is 2.47. The molecule has 2 aromatic carbocycles. The van der Waals surface area contributed by atoms with Crippen molar-refractivity contribution in [2.24, 2.45) is 0 Å². The van der Waals surface area contributed by atoms with E-state index in [0.717, 1.165) is 11.1 Å². The van der Waals surface area contributed by atoms with E-state index in [1.165, 1.54) is 0 Å². The Labute approximate surface area is 128 Å². The number of hydrogen-bond donors (Lipinski definition) is 1. The third kappa shape index (κ3) is 2.61. The standard InChI is InChI=1S/C17H16N2O3/c1-20-14-7-6-12(9-15(14)21-2)17-19-10-16(22-17)11-4-3-5-13(18)8-11/h3-10H,18H2,1-2H3. The fourth-order valence-electron chi connectivity index (χ4n) is 2.20. The van der Waals surface area contributed by atoms with Gasteiger partial charge in [-0.15, -0.1) is 0 Å². The van der Waals surface area contributed by atoms with E-state index in [0.29, 0.717) is 28.8 Å². The molecule has 0 aliphatic rings. The molecule has 22 heavy (non-hydrogen) atoms. The van der Waals surface area contributed by atoms with E-state index in [1.807, 2.05) is 42.5 Å². The summed E-state index contributed by atoms with van der Waals surface area (Å²) in [5.41, 5.74) is 8.17. The Bertz CT molecular complexity index is 796. The van der Waals surface area contributed by atoms with Crippen LogP contribution in [0.4, 0.5) is 5.69 Å². The summed E-state index contributed by atoms with van der Waals surface area (Å²) in [5, 5.41) is 0. The molecule has 2 N–H and O–H groups in total. The van der Waals surface area contributed by atoms with Crippen LogP contribution in [0.15, 0.2) is 53.1 Å². The molecule has 0 spiro atoms. The molecular weight excluding hydrogens is 280 g/mol. The van der Waals surface area contributed by atoms with Gasteiger partial charge in [0.25, 0.3) is 0 Å². The number of benzene rings is 2. The molecule has 3 rings (SSSR count). The first-order valence-electron chi connectivity index (χ1n) is 6.75. The molecule has 1 heterocycles. The van der Waals surface area contributed by atoms with Gasteiger partial charge in [-0.05, 0) is 30.3 Å². The van der Waals surface area contributed by atoms with E-state index in [4.69, 9.17) is 19.6 Å². The van der Waals surface area contributed by atoms with Crippen LogP contribution in [0.1, 0.15) is 0 Å². The number of hydrogen-bond acceptors (Lipinski definition) is 5. The monoisotopic (exact) mass is 296 g/mol. The minimum Gasteiger partial charge on any atom is -0.493 e. The first-order valence-corrected chi connectivity index (χ1v) is 6.75. The van der Waals surface area contributed by atoms with Crippen molar-refractivity contribution < 1.29 is 13.9 Å². The average Bonchev–Trinajstić information content (AvgIpc) is 3.04. The molecule has 0 amide bonds. The summed E-state index contributed by atoms with van der Waals surface area (Å²) in [4.78, 5) is 4.32. The lowest BCUT2D eigenvalue weighted by atomic mass is 10.2. The van der Waals surface area contributed by atoms with Gasteiger partial charge in [0, 0.05) is 16.8 Å². The molecule has 0 atom stereocenters. The van der Waals surface area contributed by atoms with Crippen LogP contribution in [0.25, 0.3) is 22.8 Å². The van der Waals surface area contributed by atoms with Crippen LogP contribution >= 0.6 is 0 Å². The molecule has 0 saturated heterocycles. The van der Waals surface area contributed by atoms with Crippen molar-refractivity contribution in [1.29, 1.82) is 0 Å². The predicted octanol–water partition coefficient (Wildman–Crippen LogP) is 3.61. The molecular formula is C17H16N2O3. The lowest BCUT2D eigenvalue weighted by Gasteiger charge is -2.07. The van der Waals surface area contributed by atoms with Crippen molar-refractivity contribution in [3.05, 3.63) is 48.7 Å². The van der Waals surface area contributed by atoms with Crippen molar-refractivity contribution in [3.63, 3.8) is 0 Å². The number of rotatable bonds is 4. The van der Waals surface area contributed by atoms with Gasteiger partial charge in [-0.1, -0.05) is 12.1 Å². The molecule has 5 nitrogen and oxygen atoms in total. The van der Waals surface area contributed by atoms with Crippen molar-refractivity contribution in [2.75, 3.05) is 20.0 Å². The van der Waals surface area contributed by atoms with Crippen LogP contribution in [0.3, 0.4) is 0 Å². The Morgan fingerprint density at radius 3 is 2.50 bits per heavy atom. The summed E-state index contributed by atoms with van der Waals surface area (Å²) in [6.45, 7) is 0. The number of methoxy groups -OCH3 is 2. The lowest BCUT2D eigenvalue weighted by Crippen LogP contribution is -1.90. The second-order valence-corrected chi connectivity index (χ2v) is 4.72. The highest BCUT2D eigenvalue weighted by atomic mass is 16.5. The number of ether oxygens (including phenoxy) is 2. The summed E-state index contributed by atoms with van der Waals surface area (Å²) in [7, 11) is 3.19. The molecule has 0 aliphatic heterocycles. The van der Waals surface area contributed by atoms with Gasteiger partial charge in [-0.25, -0.2) is 4.98 Å². The highest BCUT2D eigenvalue weighted by molar-refractivity contribution is 5.65. The molecule has 0 fully saturated rings. The maximum absolute atomic E-state index is 5.82. The zero-order valence-corrected chi connectivity index (χ0v) is 12.4. The van der Waals surface area contributed by atoms with E-state index in [1.54, 1.807) is 20.4 Å². The zero-order chi connectivity index (χ0) is 15.5. The predicted molar refractivity (Wildman–Crippen MR) is 84.9 cm³/mol. The van der Waals surface area contributed by atoms with Crippen molar-refractivity contribution in [3.8, 4) is 34.3 Å². The Morgan fingerprint density at radius 2 is 1.77 bits per heavy atom. The minimum atomic E-state index is 0.512. The smallest absolute Gasteiger partial charge is 0.226 e. The third-order valence-electron chi connectivity index (χ3n) is 3.31. The maximum Gasteiger partial charge on any atom is 0.226 e. The minimum absolute atomic E-state index is 0.512. The van der Waals surface area contributed by atoms with Crippen LogP contribution in [0.5, 0.6) is 11.5 Å². The number of nitrogens with zero attached hydrogens (tertiary/aromatic N) is 1. The van der Waals surface area contributed by atoms with E-state index < -0.39 is 0 Å². The number of aromatic nitrogens is 1. The van der Waals surface area contributed by atoms with Crippen LogP contribution in [-0.4, -0.2) is 19.2 Å². The highest BCUT2D eigenvalue weighted by Crippen LogP contribution is 2.33. The summed E-state index contributed by atoms with van der Waals surface area (Å²) in [6.07, 6.45) is 1.68. The topological polar surface area (TPSA) is 70.5 Å².